The van der Waals surface area contributed by atoms with E-state index in [9.17, 15) is 4.79 Å². The van der Waals surface area contributed by atoms with Gasteiger partial charge in [0.25, 0.3) is 5.91 Å². The van der Waals surface area contributed by atoms with Crippen LogP contribution in [-0.4, -0.2) is 59.7 Å². The lowest BCUT2D eigenvalue weighted by atomic mass is 9.99. The van der Waals surface area contributed by atoms with Crippen LogP contribution in [0.1, 0.15) is 43.0 Å². The molecule has 2 aliphatic heterocycles. The van der Waals surface area contributed by atoms with E-state index < -0.39 is 0 Å². The zero-order valence-electron chi connectivity index (χ0n) is 17.0. The molecule has 0 bridgehead atoms. The topological polar surface area (TPSA) is 70.6 Å². The number of piperidine rings is 1. The molecule has 1 aromatic heterocycles. The van der Waals surface area contributed by atoms with Gasteiger partial charge in [0, 0.05) is 38.1 Å². The van der Waals surface area contributed by atoms with Gasteiger partial charge in [-0.25, -0.2) is 9.97 Å². The standard InChI is InChI=1S/C22H29N5O2/c1-2-18-7-5-6-10-27(18)21(28)17-15-23-22(24-16-17)25-19-8-3-4-9-20(19)26-11-13-29-14-12-26/h3-4,8-9,15-16,18H,2,5-7,10-14H2,1H3,(H,23,24,25). The number of para-hydroxylation sites is 2. The molecule has 2 fully saturated rings. The third kappa shape index (κ3) is 4.50. The van der Waals surface area contributed by atoms with E-state index >= 15 is 0 Å². The van der Waals surface area contributed by atoms with Gasteiger partial charge in [0.15, 0.2) is 0 Å². The first kappa shape index (κ1) is 19.6. The van der Waals surface area contributed by atoms with Crippen LogP contribution < -0.4 is 10.2 Å². The zero-order chi connectivity index (χ0) is 20.1. The number of nitrogens with zero attached hydrogens (tertiary/aromatic N) is 4. The van der Waals surface area contributed by atoms with Gasteiger partial charge >= 0.3 is 0 Å². The molecule has 1 N–H and O–H groups in total. The lowest BCUT2D eigenvalue weighted by Crippen LogP contribution is -2.43. The van der Waals surface area contributed by atoms with Crippen molar-refractivity contribution in [3.05, 3.63) is 42.2 Å². The van der Waals surface area contributed by atoms with Gasteiger partial charge in [-0.2, -0.15) is 0 Å². The van der Waals surface area contributed by atoms with Crippen molar-refractivity contribution in [1.29, 1.82) is 0 Å². The number of hydrogen-bond donors (Lipinski definition) is 1. The second-order valence-corrected chi connectivity index (χ2v) is 7.59. The van der Waals surface area contributed by atoms with Crippen molar-refractivity contribution in [2.75, 3.05) is 43.1 Å². The molecular formula is C22H29N5O2. The van der Waals surface area contributed by atoms with Gasteiger partial charge in [-0.1, -0.05) is 19.1 Å². The molecule has 7 nitrogen and oxygen atoms in total. The fourth-order valence-electron chi connectivity index (χ4n) is 4.14. The molecule has 0 saturated carbocycles. The minimum Gasteiger partial charge on any atom is -0.378 e. The maximum absolute atomic E-state index is 12.9. The molecule has 2 saturated heterocycles. The molecule has 1 amide bonds. The number of benzene rings is 1. The highest BCUT2D eigenvalue weighted by atomic mass is 16.5. The molecule has 0 radical (unpaired) electrons. The van der Waals surface area contributed by atoms with Gasteiger partial charge in [0.05, 0.1) is 30.2 Å². The number of likely N-dealkylation sites (tertiary alicyclic amines) is 1. The molecule has 0 spiro atoms. The molecule has 1 atom stereocenters. The third-order valence-electron chi connectivity index (χ3n) is 5.76. The highest BCUT2D eigenvalue weighted by molar-refractivity contribution is 5.94. The molecule has 4 rings (SSSR count). The van der Waals surface area contributed by atoms with Gasteiger partial charge in [-0.3, -0.25) is 4.79 Å². The van der Waals surface area contributed by atoms with Crippen molar-refractivity contribution >= 4 is 23.2 Å². The normalized spacial score (nSPS) is 19.8. The molecule has 7 heteroatoms. The number of rotatable bonds is 5. The minimum atomic E-state index is 0.0387. The van der Waals surface area contributed by atoms with Gasteiger partial charge in [-0.15, -0.1) is 0 Å². The Morgan fingerprint density at radius 2 is 1.90 bits per heavy atom. The summed E-state index contributed by atoms with van der Waals surface area (Å²) in [5.74, 6) is 0.532. The van der Waals surface area contributed by atoms with E-state index in [0.717, 1.165) is 63.5 Å². The minimum absolute atomic E-state index is 0.0387. The van der Waals surface area contributed by atoms with E-state index in [2.05, 4.69) is 33.2 Å². The van der Waals surface area contributed by atoms with Crippen LogP contribution in [0.25, 0.3) is 0 Å². The molecule has 1 unspecified atom stereocenters. The van der Waals surface area contributed by atoms with Crippen LogP contribution in [-0.2, 0) is 4.74 Å². The Morgan fingerprint density at radius 1 is 1.14 bits per heavy atom. The van der Waals surface area contributed by atoms with Gasteiger partial charge < -0.3 is 19.9 Å². The number of aromatic nitrogens is 2. The van der Waals surface area contributed by atoms with Crippen molar-refractivity contribution in [1.82, 2.24) is 14.9 Å². The number of carbonyl (C=O) groups excluding carboxylic acids is 1. The SMILES string of the molecule is CCC1CCCCN1C(=O)c1cnc(Nc2ccccc2N2CCOCC2)nc1. The predicted octanol–water partition coefficient (Wildman–Crippen LogP) is 3.46. The van der Waals surface area contributed by atoms with E-state index in [1.807, 2.05) is 23.1 Å². The summed E-state index contributed by atoms with van der Waals surface area (Å²) >= 11 is 0. The Kier molecular flexibility index (Phi) is 6.24. The summed E-state index contributed by atoms with van der Waals surface area (Å²) in [4.78, 5) is 26.0. The van der Waals surface area contributed by atoms with Crippen LogP contribution in [0.4, 0.5) is 17.3 Å². The fraction of sp³-hybridized carbons (Fsp3) is 0.500. The molecule has 3 heterocycles. The summed E-state index contributed by atoms with van der Waals surface area (Å²) < 4.78 is 5.46. The number of amides is 1. The Bertz CT molecular complexity index is 820. The largest absolute Gasteiger partial charge is 0.378 e. The van der Waals surface area contributed by atoms with Gasteiger partial charge in [0.2, 0.25) is 5.95 Å². The zero-order valence-corrected chi connectivity index (χ0v) is 17.0. The molecule has 2 aliphatic rings. The predicted molar refractivity (Wildman–Crippen MR) is 114 cm³/mol. The molecule has 0 aliphatic carbocycles. The van der Waals surface area contributed by atoms with E-state index in [4.69, 9.17) is 4.74 Å². The summed E-state index contributed by atoms with van der Waals surface area (Å²) in [5, 5.41) is 3.31. The number of ether oxygens (including phenoxy) is 1. The van der Waals surface area contributed by atoms with E-state index in [1.54, 1.807) is 12.4 Å². The maximum atomic E-state index is 12.9. The van der Waals surface area contributed by atoms with Crippen molar-refractivity contribution in [2.45, 2.75) is 38.6 Å². The Labute approximate surface area is 172 Å². The summed E-state index contributed by atoms with van der Waals surface area (Å²) in [5.41, 5.74) is 2.62. The van der Waals surface area contributed by atoms with Crippen molar-refractivity contribution in [3.63, 3.8) is 0 Å². The summed E-state index contributed by atoms with van der Waals surface area (Å²) in [6.07, 6.45) is 7.61. The number of morpholine rings is 1. The van der Waals surface area contributed by atoms with E-state index in [1.165, 1.54) is 6.42 Å². The second-order valence-electron chi connectivity index (χ2n) is 7.59. The molecule has 1 aromatic carbocycles. The van der Waals surface area contributed by atoms with Crippen molar-refractivity contribution in [2.24, 2.45) is 0 Å². The van der Waals surface area contributed by atoms with Crippen molar-refractivity contribution < 1.29 is 9.53 Å². The number of hydrogen-bond acceptors (Lipinski definition) is 6. The summed E-state index contributed by atoms with van der Waals surface area (Å²) in [6, 6.07) is 8.46. The quantitative estimate of drug-likeness (QED) is 0.836. The highest BCUT2D eigenvalue weighted by Crippen LogP contribution is 2.28. The van der Waals surface area contributed by atoms with Crippen LogP contribution in [0.5, 0.6) is 0 Å². The lowest BCUT2D eigenvalue weighted by Gasteiger charge is -2.35. The van der Waals surface area contributed by atoms with Gasteiger partial charge in [0.1, 0.15) is 0 Å². The smallest absolute Gasteiger partial charge is 0.257 e. The van der Waals surface area contributed by atoms with Crippen LogP contribution in [0, 0.1) is 0 Å². The average Bonchev–Trinajstić information content (AvgIpc) is 2.80. The second kappa shape index (κ2) is 9.22. The summed E-state index contributed by atoms with van der Waals surface area (Å²) in [6.45, 7) is 6.16. The third-order valence-corrected chi connectivity index (χ3v) is 5.76. The first-order valence-corrected chi connectivity index (χ1v) is 10.6. The summed E-state index contributed by atoms with van der Waals surface area (Å²) in [7, 11) is 0. The molecule has 29 heavy (non-hydrogen) atoms. The fourth-order valence-corrected chi connectivity index (χ4v) is 4.14. The average molecular weight is 396 g/mol. The molecular weight excluding hydrogens is 366 g/mol. The molecule has 2 aromatic rings. The first-order chi connectivity index (χ1) is 14.3. The van der Waals surface area contributed by atoms with E-state index in [-0.39, 0.29) is 5.91 Å². The Morgan fingerprint density at radius 3 is 2.66 bits per heavy atom. The van der Waals surface area contributed by atoms with Crippen LogP contribution in [0.15, 0.2) is 36.7 Å². The number of carbonyl (C=O) groups is 1. The first-order valence-electron chi connectivity index (χ1n) is 10.6. The Hall–Kier alpha value is -2.67. The van der Waals surface area contributed by atoms with Crippen LogP contribution in [0.2, 0.25) is 0 Å². The maximum Gasteiger partial charge on any atom is 0.257 e. The number of nitrogens with one attached hydrogen (secondary N) is 1. The highest BCUT2D eigenvalue weighted by Gasteiger charge is 2.26. The lowest BCUT2D eigenvalue weighted by molar-refractivity contribution is 0.0607. The monoisotopic (exact) mass is 395 g/mol. The van der Waals surface area contributed by atoms with Crippen LogP contribution >= 0.6 is 0 Å². The van der Waals surface area contributed by atoms with E-state index in [0.29, 0.717) is 17.6 Å². The van der Waals surface area contributed by atoms with Crippen LogP contribution in [0.3, 0.4) is 0 Å². The Balaban J connectivity index is 1.47. The number of anilines is 3. The van der Waals surface area contributed by atoms with Gasteiger partial charge in [-0.05, 0) is 37.8 Å². The molecule has 154 valence electrons. The van der Waals surface area contributed by atoms with Crippen molar-refractivity contribution in [3.8, 4) is 0 Å².